The third-order valence-corrected chi connectivity index (χ3v) is 5.39. The number of nitrogens with one attached hydrogen (secondary N) is 2. The monoisotopic (exact) mass is 402 g/mol. The van der Waals surface area contributed by atoms with Gasteiger partial charge in [-0.3, -0.25) is 9.52 Å². The van der Waals surface area contributed by atoms with Crippen molar-refractivity contribution < 1.29 is 17.9 Å². The first kappa shape index (κ1) is 20.2. The Morgan fingerprint density at radius 1 is 1.18 bits per heavy atom. The second kappa shape index (κ2) is 7.13. The summed E-state index contributed by atoms with van der Waals surface area (Å²) < 4.78 is 31.7. The Morgan fingerprint density at radius 3 is 2.57 bits per heavy atom. The molecule has 2 aromatic carbocycles. The molecule has 1 aliphatic heterocycles. The first-order valence-corrected chi connectivity index (χ1v) is 11.0. The maximum atomic E-state index is 13.0. The lowest BCUT2D eigenvalue weighted by Crippen LogP contribution is -2.41. The van der Waals surface area contributed by atoms with Gasteiger partial charge < -0.3 is 10.1 Å². The van der Waals surface area contributed by atoms with Crippen LogP contribution in [-0.2, 0) is 10.0 Å². The van der Waals surface area contributed by atoms with Crippen molar-refractivity contribution in [1.29, 1.82) is 0 Å². The molecule has 1 unspecified atom stereocenters. The van der Waals surface area contributed by atoms with Crippen LogP contribution in [0.2, 0.25) is 0 Å². The molecule has 28 heavy (non-hydrogen) atoms. The maximum absolute atomic E-state index is 13.0. The van der Waals surface area contributed by atoms with Gasteiger partial charge in [0, 0.05) is 17.5 Å². The Morgan fingerprint density at radius 2 is 1.89 bits per heavy atom. The molecule has 1 aliphatic rings. The van der Waals surface area contributed by atoms with Crippen LogP contribution in [0.3, 0.4) is 0 Å². The van der Waals surface area contributed by atoms with E-state index in [-0.39, 0.29) is 11.9 Å². The number of rotatable bonds is 4. The molecule has 0 radical (unpaired) electrons. The van der Waals surface area contributed by atoms with Gasteiger partial charge in [-0.15, -0.1) is 0 Å². The standard InChI is InChI=1S/C21H26N2O4S/c1-13-9-10-19-16(11-13)18(12-21(3,4)27-19)22-20(24)15-7-6-8-17(14(15)2)23-28(5,25)26/h6-11,18,23H,12H2,1-5H3,(H,22,24). The zero-order chi connectivity index (χ0) is 20.7. The van der Waals surface area contributed by atoms with Gasteiger partial charge in [-0.05, 0) is 51.5 Å². The number of ether oxygens (including phenoxy) is 1. The number of hydrogen-bond donors (Lipinski definition) is 2. The summed E-state index contributed by atoms with van der Waals surface area (Å²) >= 11 is 0. The highest BCUT2D eigenvalue weighted by atomic mass is 32.2. The molecular weight excluding hydrogens is 376 g/mol. The van der Waals surface area contributed by atoms with Crippen LogP contribution in [0.5, 0.6) is 5.75 Å². The highest BCUT2D eigenvalue weighted by Crippen LogP contribution is 2.40. The molecule has 1 heterocycles. The maximum Gasteiger partial charge on any atom is 0.252 e. The van der Waals surface area contributed by atoms with Crippen molar-refractivity contribution in [3.05, 3.63) is 58.7 Å². The van der Waals surface area contributed by atoms with Crippen LogP contribution in [0.25, 0.3) is 0 Å². The second-order valence-corrected chi connectivity index (χ2v) is 9.73. The number of benzene rings is 2. The van der Waals surface area contributed by atoms with Crippen LogP contribution < -0.4 is 14.8 Å². The van der Waals surface area contributed by atoms with Gasteiger partial charge >= 0.3 is 0 Å². The minimum absolute atomic E-state index is 0.197. The number of carbonyl (C=O) groups excluding carboxylic acids is 1. The van der Waals surface area contributed by atoms with Crippen molar-refractivity contribution in [2.75, 3.05) is 11.0 Å². The molecule has 6 nitrogen and oxygen atoms in total. The van der Waals surface area contributed by atoms with E-state index in [1.54, 1.807) is 25.1 Å². The molecule has 0 fully saturated rings. The average Bonchev–Trinajstić information content (AvgIpc) is 2.55. The summed E-state index contributed by atoms with van der Waals surface area (Å²) in [5.41, 5.74) is 3.06. The molecule has 7 heteroatoms. The van der Waals surface area contributed by atoms with Crippen LogP contribution in [0.4, 0.5) is 5.69 Å². The van der Waals surface area contributed by atoms with Crippen molar-refractivity contribution in [3.8, 4) is 5.75 Å². The zero-order valence-electron chi connectivity index (χ0n) is 16.8. The van der Waals surface area contributed by atoms with Gasteiger partial charge in [-0.25, -0.2) is 8.42 Å². The fraction of sp³-hybridized carbons (Fsp3) is 0.381. The van der Waals surface area contributed by atoms with Gasteiger partial charge in [0.05, 0.1) is 18.0 Å². The molecule has 1 amide bonds. The third-order valence-electron chi connectivity index (χ3n) is 4.80. The molecule has 0 aromatic heterocycles. The minimum Gasteiger partial charge on any atom is -0.487 e. The summed E-state index contributed by atoms with van der Waals surface area (Å²) in [7, 11) is -3.43. The normalized spacial score (nSPS) is 18.0. The molecule has 150 valence electrons. The fourth-order valence-electron chi connectivity index (χ4n) is 3.53. The van der Waals surface area contributed by atoms with E-state index in [4.69, 9.17) is 4.74 Å². The van der Waals surface area contributed by atoms with E-state index < -0.39 is 15.6 Å². The highest BCUT2D eigenvalue weighted by molar-refractivity contribution is 7.92. The molecule has 0 bridgehead atoms. The van der Waals surface area contributed by atoms with Crippen LogP contribution in [0, 0.1) is 13.8 Å². The van der Waals surface area contributed by atoms with Crippen LogP contribution >= 0.6 is 0 Å². The highest BCUT2D eigenvalue weighted by Gasteiger charge is 2.35. The Kier molecular flexibility index (Phi) is 5.14. The van der Waals surface area contributed by atoms with Gasteiger partial charge in [-0.2, -0.15) is 0 Å². The topological polar surface area (TPSA) is 84.5 Å². The van der Waals surface area contributed by atoms with Crippen molar-refractivity contribution in [2.24, 2.45) is 0 Å². The molecular formula is C21H26N2O4S. The SMILES string of the molecule is Cc1ccc2c(c1)C(NC(=O)c1cccc(NS(C)(=O)=O)c1C)CC(C)(C)O2. The lowest BCUT2D eigenvalue weighted by molar-refractivity contribution is 0.0619. The molecule has 1 atom stereocenters. The molecule has 0 aliphatic carbocycles. The average molecular weight is 403 g/mol. The summed E-state index contributed by atoms with van der Waals surface area (Å²) in [5, 5.41) is 3.11. The van der Waals surface area contributed by atoms with Crippen LogP contribution in [-0.4, -0.2) is 26.2 Å². The smallest absolute Gasteiger partial charge is 0.252 e. The number of aryl methyl sites for hydroxylation is 1. The quantitative estimate of drug-likeness (QED) is 0.817. The van der Waals surface area contributed by atoms with Crippen molar-refractivity contribution in [3.63, 3.8) is 0 Å². The molecule has 3 rings (SSSR count). The van der Waals surface area contributed by atoms with Crippen molar-refractivity contribution in [2.45, 2.75) is 45.8 Å². The van der Waals surface area contributed by atoms with E-state index in [2.05, 4.69) is 10.0 Å². The number of amides is 1. The molecule has 2 aromatic rings. The fourth-order valence-corrected chi connectivity index (χ4v) is 4.15. The zero-order valence-corrected chi connectivity index (χ0v) is 17.6. The number of fused-ring (bicyclic) bond motifs is 1. The van der Waals surface area contributed by atoms with E-state index in [1.807, 2.05) is 39.0 Å². The van der Waals surface area contributed by atoms with E-state index >= 15 is 0 Å². The van der Waals surface area contributed by atoms with Crippen LogP contribution in [0.1, 0.15) is 53.4 Å². The summed E-state index contributed by atoms with van der Waals surface area (Å²) in [6.07, 6.45) is 1.72. The van der Waals surface area contributed by atoms with E-state index in [9.17, 15) is 13.2 Å². The molecule has 0 saturated heterocycles. The number of carbonyl (C=O) groups is 1. The predicted octanol–water partition coefficient (Wildman–Crippen LogP) is 3.71. The van der Waals surface area contributed by atoms with Gasteiger partial charge in [0.2, 0.25) is 10.0 Å². The minimum atomic E-state index is -3.43. The van der Waals surface area contributed by atoms with Crippen molar-refractivity contribution in [1.82, 2.24) is 5.32 Å². The Hall–Kier alpha value is -2.54. The first-order chi connectivity index (χ1) is 13.0. The summed E-state index contributed by atoms with van der Waals surface area (Å²) in [4.78, 5) is 13.0. The second-order valence-electron chi connectivity index (χ2n) is 7.99. The van der Waals surface area contributed by atoms with E-state index in [0.717, 1.165) is 23.1 Å². The summed E-state index contributed by atoms with van der Waals surface area (Å²) in [5.74, 6) is 0.529. The first-order valence-electron chi connectivity index (χ1n) is 9.13. The Bertz CT molecular complexity index is 1030. The number of hydrogen-bond acceptors (Lipinski definition) is 4. The van der Waals surface area contributed by atoms with Gasteiger partial charge in [-0.1, -0.05) is 23.8 Å². The largest absolute Gasteiger partial charge is 0.487 e. The third kappa shape index (κ3) is 4.47. The molecule has 2 N–H and O–H groups in total. The van der Waals surface area contributed by atoms with E-state index in [0.29, 0.717) is 23.2 Å². The lowest BCUT2D eigenvalue weighted by atomic mass is 9.88. The Labute approximate surface area is 166 Å². The van der Waals surface area contributed by atoms with E-state index in [1.165, 1.54) is 0 Å². The predicted molar refractivity (Wildman–Crippen MR) is 110 cm³/mol. The van der Waals surface area contributed by atoms with Gasteiger partial charge in [0.15, 0.2) is 0 Å². The summed E-state index contributed by atoms with van der Waals surface area (Å²) in [6.45, 7) is 7.73. The molecule has 0 spiro atoms. The van der Waals surface area contributed by atoms with Crippen LogP contribution in [0.15, 0.2) is 36.4 Å². The van der Waals surface area contributed by atoms with Gasteiger partial charge in [0.1, 0.15) is 11.4 Å². The lowest BCUT2D eigenvalue weighted by Gasteiger charge is -2.38. The van der Waals surface area contributed by atoms with Crippen molar-refractivity contribution >= 4 is 21.6 Å². The Balaban J connectivity index is 1.92. The number of anilines is 1. The number of sulfonamides is 1. The molecule has 0 saturated carbocycles. The summed E-state index contributed by atoms with van der Waals surface area (Å²) in [6, 6.07) is 10.8. The van der Waals surface area contributed by atoms with Gasteiger partial charge in [0.25, 0.3) is 5.91 Å².